The van der Waals surface area contributed by atoms with Crippen LogP contribution in [0.2, 0.25) is 0 Å². The Kier molecular flexibility index (Phi) is 4.99. The molecule has 9 heteroatoms. The Morgan fingerprint density at radius 3 is 2.73 bits per heavy atom. The fourth-order valence-corrected chi connectivity index (χ4v) is 1.88. The van der Waals surface area contributed by atoms with Crippen molar-refractivity contribution < 1.29 is 9.72 Å². The molecule has 114 valence electrons. The Balaban J connectivity index is 1.95. The van der Waals surface area contributed by atoms with E-state index in [1.165, 1.54) is 10.9 Å². The molecule has 0 bridgehead atoms. The van der Waals surface area contributed by atoms with E-state index in [9.17, 15) is 14.9 Å². The molecule has 0 saturated heterocycles. The molecule has 0 spiro atoms. The van der Waals surface area contributed by atoms with Crippen molar-refractivity contribution in [2.45, 2.75) is 13.5 Å². The number of aromatic nitrogens is 2. The monoisotopic (exact) mass is 365 g/mol. The third kappa shape index (κ3) is 4.22. The van der Waals surface area contributed by atoms with E-state index in [-0.39, 0.29) is 12.2 Å². The van der Waals surface area contributed by atoms with Gasteiger partial charge in [0.1, 0.15) is 18.9 Å². The van der Waals surface area contributed by atoms with Gasteiger partial charge in [0.25, 0.3) is 5.91 Å². The molecule has 0 fully saturated rings. The zero-order chi connectivity index (χ0) is 16.1. The molecule has 0 aliphatic rings. The SMILES string of the molecule is C/C(=N\NC(=O)Cn1cc([N+](=O)[O-])cn1)c1ccc(Br)cc1. The lowest BCUT2D eigenvalue weighted by Gasteiger charge is -2.03. The standard InChI is InChI=1S/C13H12BrN5O3/c1-9(10-2-4-11(14)5-3-10)16-17-13(20)8-18-7-12(6-15-18)19(21)22/h2-7H,8H2,1H3,(H,17,20)/b16-9+. The van der Waals surface area contributed by atoms with Crippen molar-refractivity contribution in [2.75, 3.05) is 0 Å². The second kappa shape index (κ2) is 6.94. The van der Waals surface area contributed by atoms with Crippen molar-refractivity contribution in [3.05, 3.63) is 56.8 Å². The molecule has 2 aromatic rings. The Morgan fingerprint density at radius 2 is 2.14 bits per heavy atom. The van der Waals surface area contributed by atoms with Crippen LogP contribution in [0.4, 0.5) is 5.69 Å². The highest BCUT2D eigenvalue weighted by Crippen LogP contribution is 2.11. The van der Waals surface area contributed by atoms with E-state index in [1.807, 2.05) is 24.3 Å². The van der Waals surface area contributed by atoms with Crippen LogP contribution in [-0.4, -0.2) is 26.3 Å². The van der Waals surface area contributed by atoms with Crippen molar-refractivity contribution in [1.29, 1.82) is 0 Å². The number of hydrogen-bond acceptors (Lipinski definition) is 5. The summed E-state index contributed by atoms with van der Waals surface area (Å²) in [6.45, 7) is 1.62. The minimum absolute atomic E-state index is 0.148. The molecule has 1 aromatic heterocycles. The zero-order valence-corrected chi connectivity index (χ0v) is 13.1. The summed E-state index contributed by atoms with van der Waals surface area (Å²) in [4.78, 5) is 21.7. The minimum atomic E-state index is -0.572. The maximum absolute atomic E-state index is 11.7. The summed E-state index contributed by atoms with van der Waals surface area (Å²) in [5.74, 6) is -0.422. The third-order valence-electron chi connectivity index (χ3n) is 2.75. The Hall–Kier alpha value is -2.55. The molecular formula is C13H12BrN5O3. The van der Waals surface area contributed by atoms with Crippen LogP contribution in [0.3, 0.4) is 0 Å². The first-order valence-corrected chi connectivity index (χ1v) is 7.01. The second-order valence-electron chi connectivity index (χ2n) is 4.39. The Labute approximate surface area is 134 Å². The molecule has 0 unspecified atom stereocenters. The predicted octanol–water partition coefficient (Wildman–Crippen LogP) is 2.09. The summed E-state index contributed by atoms with van der Waals surface area (Å²) >= 11 is 3.34. The first-order chi connectivity index (χ1) is 10.5. The topological polar surface area (TPSA) is 102 Å². The summed E-state index contributed by atoms with van der Waals surface area (Å²) < 4.78 is 2.13. The zero-order valence-electron chi connectivity index (χ0n) is 11.6. The van der Waals surface area contributed by atoms with E-state index >= 15 is 0 Å². The van der Waals surface area contributed by atoms with Gasteiger partial charge in [-0.05, 0) is 24.6 Å². The molecular weight excluding hydrogens is 354 g/mol. The lowest BCUT2D eigenvalue weighted by molar-refractivity contribution is -0.385. The molecule has 1 aromatic carbocycles. The molecule has 0 aliphatic heterocycles. The molecule has 8 nitrogen and oxygen atoms in total. The maximum atomic E-state index is 11.7. The van der Waals surface area contributed by atoms with Gasteiger partial charge < -0.3 is 0 Å². The van der Waals surface area contributed by atoms with Crippen LogP contribution in [-0.2, 0) is 11.3 Å². The van der Waals surface area contributed by atoms with Crippen molar-refractivity contribution in [1.82, 2.24) is 15.2 Å². The largest absolute Gasteiger partial charge is 0.307 e. The van der Waals surface area contributed by atoms with Gasteiger partial charge in [0.05, 0.1) is 10.6 Å². The van der Waals surface area contributed by atoms with Gasteiger partial charge in [0.15, 0.2) is 0 Å². The molecule has 1 heterocycles. The fourth-order valence-electron chi connectivity index (χ4n) is 1.62. The molecule has 0 saturated carbocycles. The van der Waals surface area contributed by atoms with Gasteiger partial charge in [-0.3, -0.25) is 19.6 Å². The van der Waals surface area contributed by atoms with Crippen molar-refractivity contribution in [3.63, 3.8) is 0 Å². The quantitative estimate of drug-likeness (QED) is 0.497. The number of halogens is 1. The number of hydrazone groups is 1. The number of carbonyl (C=O) groups excluding carboxylic acids is 1. The number of amides is 1. The minimum Gasteiger partial charge on any atom is -0.271 e. The number of hydrogen-bond donors (Lipinski definition) is 1. The molecule has 1 N–H and O–H groups in total. The van der Waals surface area contributed by atoms with Gasteiger partial charge in [0.2, 0.25) is 0 Å². The van der Waals surface area contributed by atoms with Gasteiger partial charge >= 0.3 is 5.69 Å². The summed E-state index contributed by atoms with van der Waals surface area (Å²) in [6.07, 6.45) is 2.27. The fraction of sp³-hybridized carbons (Fsp3) is 0.154. The van der Waals surface area contributed by atoms with Gasteiger partial charge in [-0.15, -0.1) is 0 Å². The summed E-state index contributed by atoms with van der Waals surface area (Å²) in [5, 5.41) is 18.2. The average molecular weight is 366 g/mol. The van der Waals surface area contributed by atoms with E-state index in [4.69, 9.17) is 0 Å². The molecule has 22 heavy (non-hydrogen) atoms. The van der Waals surface area contributed by atoms with E-state index in [0.717, 1.165) is 16.2 Å². The van der Waals surface area contributed by atoms with E-state index in [1.54, 1.807) is 6.92 Å². The number of nitro groups is 1. The Bertz CT molecular complexity index is 724. The van der Waals surface area contributed by atoms with Crippen LogP contribution >= 0.6 is 15.9 Å². The average Bonchev–Trinajstić information content (AvgIpc) is 2.94. The number of nitrogens with one attached hydrogen (secondary N) is 1. The smallest absolute Gasteiger partial charge is 0.271 e. The highest BCUT2D eigenvalue weighted by atomic mass is 79.9. The van der Waals surface area contributed by atoms with Crippen molar-refractivity contribution >= 4 is 33.2 Å². The first kappa shape index (κ1) is 15.8. The number of nitrogens with zero attached hydrogens (tertiary/aromatic N) is 4. The molecule has 0 radical (unpaired) electrons. The van der Waals surface area contributed by atoms with Crippen molar-refractivity contribution in [3.8, 4) is 0 Å². The highest BCUT2D eigenvalue weighted by Gasteiger charge is 2.10. The number of carbonyl (C=O) groups is 1. The summed E-state index contributed by atoms with van der Waals surface area (Å²) in [7, 11) is 0. The van der Waals surface area contributed by atoms with Crippen LogP contribution in [0.1, 0.15) is 12.5 Å². The normalized spacial score (nSPS) is 11.3. The molecule has 2 rings (SSSR count). The van der Waals surface area contributed by atoms with Crippen LogP contribution < -0.4 is 5.43 Å². The van der Waals surface area contributed by atoms with E-state index < -0.39 is 10.8 Å². The lowest BCUT2D eigenvalue weighted by atomic mass is 10.1. The van der Waals surface area contributed by atoms with Gasteiger partial charge in [0, 0.05) is 4.47 Å². The number of rotatable bonds is 5. The lowest BCUT2D eigenvalue weighted by Crippen LogP contribution is -2.24. The van der Waals surface area contributed by atoms with E-state index in [0.29, 0.717) is 5.71 Å². The molecule has 0 aliphatic carbocycles. The van der Waals surface area contributed by atoms with Gasteiger partial charge in [-0.1, -0.05) is 28.1 Å². The molecule has 1 amide bonds. The summed E-state index contributed by atoms with van der Waals surface area (Å²) in [5.41, 5.74) is 3.74. The first-order valence-electron chi connectivity index (χ1n) is 6.21. The van der Waals surface area contributed by atoms with Gasteiger partial charge in [-0.2, -0.15) is 10.2 Å². The maximum Gasteiger partial charge on any atom is 0.307 e. The van der Waals surface area contributed by atoms with Crippen molar-refractivity contribution in [2.24, 2.45) is 5.10 Å². The third-order valence-corrected chi connectivity index (χ3v) is 3.28. The predicted molar refractivity (Wildman–Crippen MR) is 83.4 cm³/mol. The van der Waals surface area contributed by atoms with Crippen LogP contribution in [0.5, 0.6) is 0 Å². The van der Waals surface area contributed by atoms with Crippen LogP contribution in [0.15, 0.2) is 46.2 Å². The second-order valence-corrected chi connectivity index (χ2v) is 5.31. The van der Waals surface area contributed by atoms with E-state index in [2.05, 4.69) is 31.6 Å². The van der Waals surface area contributed by atoms with Crippen LogP contribution in [0.25, 0.3) is 0 Å². The summed E-state index contributed by atoms with van der Waals surface area (Å²) in [6, 6.07) is 7.48. The molecule has 0 atom stereocenters. The van der Waals surface area contributed by atoms with Gasteiger partial charge in [-0.25, -0.2) is 5.43 Å². The Morgan fingerprint density at radius 1 is 1.45 bits per heavy atom. The highest BCUT2D eigenvalue weighted by molar-refractivity contribution is 9.10. The van der Waals surface area contributed by atoms with Crippen LogP contribution in [0, 0.1) is 10.1 Å². The number of benzene rings is 1.